The zero-order chi connectivity index (χ0) is 15.4. The van der Waals surface area contributed by atoms with Crippen LogP contribution in [0.3, 0.4) is 0 Å². The molecule has 22 heavy (non-hydrogen) atoms. The maximum Gasteiger partial charge on any atom is 0.157 e. The van der Waals surface area contributed by atoms with Gasteiger partial charge >= 0.3 is 0 Å². The number of nitrogens with zero attached hydrogens (tertiary/aromatic N) is 7. The van der Waals surface area contributed by atoms with Gasteiger partial charge in [0.2, 0.25) is 0 Å². The Bertz CT molecular complexity index is 653. The standard InChI is InChI=1S/C15H19N7/c1-12-14(5-6-15(18-12)22-11-17-19-20-22)13(9-16)10-21-7-3-2-4-8-21/h5-6,11,13H,2-4,7-8,10H2,1H3. The smallest absolute Gasteiger partial charge is 0.157 e. The number of nitriles is 1. The summed E-state index contributed by atoms with van der Waals surface area (Å²) in [5, 5.41) is 20.6. The summed E-state index contributed by atoms with van der Waals surface area (Å²) in [6.45, 7) is 4.90. The van der Waals surface area contributed by atoms with Crippen molar-refractivity contribution in [3.8, 4) is 11.9 Å². The van der Waals surface area contributed by atoms with Crippen LogP contribution in [0, 0.1) is 18.3 Å². The monoisotopic (exact) mass is 297 g/mol. The zero-order valence-corrected chi connectivity index (χ0v) is 12.7. The first kappa shape index (κ1) is 14.6. The highest BCUT2D eigenvalue weighted by atomic mass is 15.5. The Hall–Kier alpha value is -2.33. The number of rotatable bonds is 4. The van der Waals surface area contributed by atoms with Gasteiger partial charge in [-0.3, -0.25) is 0 Å². The lowest BCUT2D eigenvalue weighted by molar-refractivity contribution is 0.225. The van der Waals surface area contributed by atoms with Crippen molar-refractivity contribution < 1.29 is 0 Å². The molecule has 1 saturated heterocycles. The van der Waals surface area contributed by atoms with Crippen LogP contribution in [0.25, 0.3) is 5.82 Å². The molecule has 0 spiro atoms. The predicted octanol–water partition coefficient (Wildman–Crippen LogP) is 1.46. The van der Waals surface area contributed by atoms with Gasteiger partial charge in [-0.25, -0.2) is 4.98 Å². The molecule has 2 aromatic heterocycles. The molecule has 2 aromatic rings. The molecule has 3 rings (SSSR count). The topological polar surface area (TPSA) is 83.5 Å². The van der Waals surface area contributed by atoms with E-state index in [2.05, 4.69) is 31.5 Å². The summed E-state index contributed by atoms with van der Waals surface area (Å²) in [6.07, 6.45) is 5.27. The number of piperidine rings is 1. The molecular formula is C15H19N7. The summed E-state index contributed by atoms with van der Waals surface area (Å²) in [6, 6.07) is 6.26. The van der Waals surface area contributed by atoms with Crippen LogP contribution >= 0.6 is 0 Å². The third kappa shape index (κ3) is 3.12. The molecule has 7 heteroatoms. The van der Waals surface area contributed by atoms with Crippen molar-refractivity contribution in [3.05, 3.63) is 29.7 Å². The Morgan fingerprint density at radius 3 is 2.73 bits per heavy atom. The first-order chi connectivity index (χ1) is 10.8. The Morgan fingerprint density at radius 1 is 1.27 bits per heavy atom. The SMILES string of the molecule is Cc1nc(-n2cnnn2)ccc1C(C#N)CN1CCCCC1. The molecule has 3 heterocycles. The number of hydrogen-bond donors (Lipinski definition) is 0. The third-order valence-corrected chi connectivity index (χ3v) is 4.12. The van der Waals surface area contributed by atoms with E-state index < -0.39 is 0 Å². The number of aryl methyl sites for hydroxylation is 1. The van der Waals surface area contributed by atoms with Gasteiger partial charge in [0.15, 0.2) is 5.82 Å². The number of hydrogen-bond acceptors (Lipinski definition) is 6. The maximum atomic E-state index is 9.55. The van der Waals surface area contributed by atoms with Crippen molar-refractivity contribution in [1.82, 2.24) is 30.1 Å². The summed E-state index contributed by atoms with van der Waals surface area (Å²) in [7, 11) is 0. The average Bonchev–Trinajstić information content (AvgIpc) is 3.08. The Labute approximate surface area is 129 Å². The lowest BCUT2D eigenvalue weighted by atomic mass is 9.97. The van der Waals surface area contributed by atoms with E-state index >= 15 is 0 Å². The molecule has 1 unspecified atom stereocenters. The fourth-order valence-electron chi connectivity index (χ4n) is 2.93. The van der Waals surface area contributed by atoms with Gasteiger partial charge in [-0.05, 0) is 54.9 Å². The molecule has 7 nitrogen and oxygen atoms in total. The minimum atomic E-state index is -0.145. The lowest BCUT2D eigenvalue weighted by Crippen LogP contribution is -2.33. The summed E-state index contributed by atoms with van der Waals surface area (Å²) in [4.78, 5) is 6.91. The molecule has 114 valence electrons. The summed E-state index contributed by atoms with van der Waals surface area (Å²) in [5.74, 6) is 0.523. The van der Waals surface area contributed by atoms with Crippen molar-refractivity contribution >= 4 is 0 Å². The van der Waals surface area contributed by atoms with Crippen LogP contribution in [-0.2, 0) is 0 Å². The normalized spacial score (nSPS) is 17.1. The molecule has 0 aromatic carbocycles. The van der Waals surface area contributed by atoms with Crippen molar-refractivity contribution in [3.63, 3.8) is 0 Å². The van der Waals surface area contributed by atoms with Crippen LogP contribution in [0.2, 0.25) is 0 Å². The van der Waals surface area contributed by atoms with Gasteiger partial charge < -0.3 is 4.90 Å². The molecule has 0 radical (unpaired) electrons. The van der Waals surface area contributed by atoms with Crippen LogP contribution in [0.15, 0.2) is 18.5 Å². The molecule has 0 saturated carbocycles. The molecule has 0 aliphatic carbocycles. The van der Waals surface area contributed by atoms with E-state index in [9.17, 15) is 5.26 Å². The summed E-state index contributed by atoms with van der Waals surface area (Å²) >= 11 is 0. The van der Waals surface area contributed by atoms with E-state index in [1.807, 2.05) is 19.1 Å². The zero-order valence-electron chi connectivity index (χ0n) is 12.7. The van der Waals surface area contributed by atoms with E-state index in [1.54, 1.807) is 0 Å². The van der Waals surface area contributed by atoms with E-state index in [0.717, 1.165) is 30.9 Å². The fourth-order valence-corrected chi connectivity index (χ4v) is 2.93. The molecule has 0 amide bonds. The fraction of sp³-hybridized carbons (Fsp3) is 0.533. The van der Waals surface area contributed by atoms with Gasteiger partial charge in [0.05, 0.1) is 12.0 Å². The number of aromatic nitrogens is 5. The predicted molar refractivity (Wildman–Crippen MR) is 80.3 cm³/mol. The second-order valence-corrected chi connectivity index (χ2v) is 5.64. The molecule has 1 aliphatic heterocycles. The summed E-state index contributed by atoms with van der Waals surface area (Å²) in [5.41, 5.74) is 1.85. The third-order valence-electron chi connectivity index (χ3n) is 4.12. The van der Waals surface area contributed by atoms with Crippen LogP contribution in [0.5, 0.6) is 0 Å². The van der Waals surface area contributed by atoms with Crippen molar-refractivity contribution in [1.29, 1.82) is 5.26 Å². The van der Waals surface area contributed by atoms with Crippen molar-refractivity contribution in [2.75, 3.05) is 19.6 Å². The van der Waals surface area contributed by atoms with Crippen LogP contribution in [0.1, 0.15) is 36.4 Å². The molecule has 1 atom stereocenters. The highest BCUT2D eigenvalue weighted by Crippen LogP contribution is 2.22. The van der Waals surface area contributed by atoms with Gasteiger partial charge in [-0.2, -0.15) is 9.94 Å². The van der Waals surface area contributed by atoms with E-state index in [0.29, 0.717) is 5.82 Å². The minimum Gasteiger partial charge on any atom is -0.302 e. The second-order valence-electron chi connectivity index (χ2n) is 5.64. The van der Waals surface area contributed by atoms with Crippen molar-refractivity contribution in [2.24, 2.45) is 0 Å². The first-order valence-electron chi connectivity index (χ1n) is 7.61. The second kappa shape index (κ2) is 6.62. The highest BCUT2D eigenvalue weighted by molar-refractivity contribution is 5.34. The van der Waals surface area contributed by atoms with Gasteiger partial charge in [-0.15, -0.1) is 5.10 Å². The Morgan fingerprint density at radius 2 is 2.09 bits per heavy atom. The first-order valence-corrected chi connectivity index (χ1v) is 7.61. The molecule has 0 N–H and O–H groups in total. The van der Waals surface area contributed by atoms with Crippen molar-refractivity contribution in [2.45, 2.75) is 32.1 Å². The maximum absolute atomic E-state index is 9.55. The van der Waals surface area contributed by atoms with E-state index in [-0.39, 0.29) is 5.92 Å². The summed E-state index contributed by atoms with van der Waals surface area (Å²) < 4.78 is 1.52. The van der Waals surface area contributed by atoms with Gasteiger partial charge in [0.25, 0.3) is 0 Å². The molecule has 1 aliphatic rings. The highest BCUT2D eigenvalue weighted by Gasteiger charge is 2.20. The minimum absolute atomic E-state index is 0.145. The molecule has 0 bridgehead atoms. The molecule has 1 fully saturated rings. The number of pyridine rings is 1. The Balaban J connectivity index is 1.78. The van der Waals surface area contributed by atoms with Crippen LogP contribution < -0.4 is 0 Å². The quantitative estimate of drug-likeness (QED) is 0.849. The van der Waals surface area contributed by atoms with Gasteiger partial charge in [-0.1, -0.05) is 12.5 Å². The van der Waals surface area contributed by atoms with Gasteiger partial charge in [0.1, 0.15) is 6.33 Å². The Kier molecular flexibility index (Phi) is 4.39. The molecular weight excluding hydrogens is 278 g/mol. The van der Waals surface area contributed by atoms with Crippen LogP contribution in [-0.4, -0.2) is 49.7 Å². The number of likely N-dealkylation sites (tertiary alicyclic amines) is 1. The number of tetrazole rings is 1. The largest absolute Gasteiger partial charge is 0.302 e. The van der Waals surface area contributed by atoms with Gasteiger partial charge in [0, 0.05) is 12.2 Å². The average molecular weight is 297 g/mol. The van der Waals surface area contributed by atoms with E-state index in [4.69, 9.17) is 0 Å². The van der Waals surface area contributed by atoms with Crippen LogP contribution in [0.4, 0.5) is 0 Å². The van der Waals surface area contributed by atoms with E-state index in [1.165, 1.54) is 30.3 Å². The lowest BCUT2D eigenvalue weighted by Gasteiger charge is -2.28.